The van der Waals surface area contributed by atoms with Gasteiger partial charge < -0.3 is 0 Å². The second kappa shape index (κ2) is 4.25. The van der Waals surface area contributed by atoms with Crippen molar-refractivity contribution >= 4 is 17.0 Å². The van der Waals surface area contributed by atoms with Crippen molar-refractivity contribution in [1.29, 1.82) is 0 Å². The molecule has 0 radical (unpaired) electrons. The Kier molecular flexibility index (Phi) is 2.93. The van der Waals surface area contributed by atoms with Crippen LogP contribution in [-0.2, 0) is 6.54 Å². The number of aromatic nitrogens is 3. The summed E-state index contributed by atoms with van der Waals surface area (Å²) >= 11 is 1.56. The summed E-state index contributed by atoms with van der Waals surface area (Å²) in [5.74, 6) is 0. The van der Waals surface area contributed by atoms with E-state index in [1.807, 2.05) is 12.3 Å². The quantitative estimate of drug-likeness (QED) is 0.620. The predicted octanol–water partition coefficient (Wildman–Crippen LogP) is 2.22. The lowest BCUT2D eigenvalue weighted by molar-refractivity contribution is -0.386. The van der Waals surface area contributed by atoms with Gasteiger partial charge in [-0.15, -0.1) is 11.3 Å². The molecule has 2 aromatic rings. The van der Waals surface area contributed by atoms with E-state index in [2.05, 4.69) is 10.1 Å². The lowest BCUT2D eigenvalue weighted by Crippen LogP contribution is -2.04. The number of thiazole rings is 1. The van der Waals surface area contributed by atoms with Gasteiger partial charge in [-0.25, -0.2) is 4.98 Å². The van der Waals surface area contributed by atoms with Gasteiger partial charge in [0.05, 0.1) is 22.2 Å². The molecule has 2 heterocycles. The van der Waals surface area contributed by atoms with E-state index in [1.165, 1.54) is 0 Å². The summed E-state index contributed by atoms with van der Waals surface area (Å²) in [5, 5.41) is 18.0. The molecule has 0 spiro atoms. The SMILES string of the molecule is Cc1nc(Cn2nc(C)c([N+](=O)[O-])c2C)cs1. The van der Waals surface area contributed by atoms with Crippen molar-refractivity contribution in [3.05, 3.63) is 37.6 Å². The highest BCUT2D eigenvalue weighted by atomic mass is 32.1. The Balaban J connectivity index is 2.34. The molecule has 7 heteroatoms. The number of hydrogen-bond donors (Lipinski definition) is 0. The first-order valence-electron chi connectivity index (χ1n) is 5.08. The van der Waals surface area contributed by atoms with Crippen LogP contribution >= 0.6 is 11.3 Å². The Morgan fingerprint density at radius 3 is 2.65 bits per heavy atom. The average molecular weight is 252 g/mol. The van der Waals surface area contributed by atoms with Crippen LogP contribution in [0.4, 0.5) is 5.69 Å². The van der Waals surface area contributed by atoms with Crippen molar-refractivity contribution in [2.75, 3.05) is 0 Å². The third-order valence-corrected chi connectivity index (χ3v) is 3.33. The van der Waals surface area contributed by atoms with E-state index in [-0.39, 0.29) is 10.6 Å². The minimum Gasteiger partial charge on any atom is -0.258 e. The van der Waals surface area contributed by atoms with Crippen molar-refractivity contribution in [2.24, 2.45) is 0 Å². The number of nitro groups is 1. The van der Waals surface area contributed by atoms with Crippen molar-refractivity contribution in [2.45, 2.75) is 27.3 Å². The van der Waals surface area contributed by atoms with Crippen LogP contribution < -0.4 is 0 Å². The summed E-state index contributed by atoms with van der Waals surface area (Å²) < 4.78 is 1.63. The number of nitrogens with zero attached hydrogens (tertiary/aromatic N) is 4. The van der Waals surface area contributed by atoms with Crippen LogP contribution in [0.25, 0.3) is 0 Å². The second-order valence-corrected chi connectivity index (χ2v) is 4.85. The van der Waals surface area contributed by atoms with E-state index in [4.69, 9.17) is 0 Å². The van der Waals surface area contributed by atoms with Crippen LogP contribution in [0.1, 0.15) is 22.1 Å². The Hall–Kier alpha value is -1.76. The van der Waals surface area contributed by atoms with Gasteiger partial charge in [-0.05, 0) is 20.8 Å². The standard InChI is InChI=1S/C10H12N4O2S/c1-6-10(14(15)16)7(2)13(12-6)4-9-5-17-8(3)11-9/h5H,4H2,1-3H3. The lowest BCUT2D eigenvalue weighted by Gasteiger charge is -1.99. The molecule has 0 aliphatic heterocycles. The molecule has 0 unspecified atom stereocenters. The Morgan fingerprint density at radius 2 is 2.18 bits per heavy atom. The highest BCUT2D eigenvalue weighted by Gasteiger charge is 2.21. The smallest absolute Gasteiger partial charge is 0.258 e. The Labute approximate surface area is 102 Å². The molecule has 0 aliphatic rings. The van der Waals surface area contributed by atoms with Gasteiger partial charge in [0.25, 0.3) is 0 Å². The lowest BCUT2D eigenvalue weighted by atomic mass is 10.3. The molecule has 0 bridgehead atoms. The summed E-state index contributed by atoms with van der Waals surface area (Å²) in [7, 11) is 0. The van der Waals surface area contributed by atoms with Gasteiger partial charge in [-0.3, -0.25) is 14.8 Å². The third-order valence-electron chi connectivity index (χ3n) is 2.50. The van der Waals surface area contributed by atoms with Gasteiger partial charge in [0.1, 0.15) is 11.4 Å². The first-order valence-corrected chi connectivity index (χ1v) is 5.96. The molecule has 0 saturated carbocycles. The van der Waals surface area contributed by atoms with E-state index in [0.717, 1.165) is 10.7 Å². The summed E-state index contributed by atoms with van der Waals surface area (Å²) in [6.45, 7) is 5.76. The number of rotatable bonds is 3. The maximum absolute atomic E-state index is 10.9. The molecular weight excluding hydrogens is 240 g/mol. The van der Waals surface area contributed by atoms with Gasteiger partial charge in [0, 0.05) is 5.38 Å². The molecule has 0 saturated heterocycles. The van der Waals surface area contributed by atoms with Crippen molar-refractivity contribution in [3.63, 3.8) is 0 Å². The monoisotopic (exact) mass is 252 g/mol. The third kappa shape index (κ3) is 2.19. The number of hydrogen-bond acceptors (Lipinski definition) is 5. The second-order valence-electron chi connectivity index (χ2n) is 3.79. The molecule has 2 rings (SSSR count). The van der Waals surface area contributed by atoms with Gasteiger partial charge in [-0.1, -0.05) is 0 Å². The minimum atomic E-state index is -0.388. The Bertz CT molecular complexity index is 573. The zero-order chi connectivity index (χ0) is 12.6. The first-order chi connectivity index (χ1) is 7.99. The topological polar surface area (TPSA) is 73.8 Å². The summed E-state index contributed by atoms with van der Waals surface area (Å²) in [6, 6.07) is 0. The van der Waals surface area contributed by atoms with Crippen LogP contribution in [0.3, 0.4) is 0 Å². The largest absolute Gasteiger partial charge is 0.312 e. The molecular formula is C10H12N4O2S. The predicted molar refractivity (Wildman–Crippen MR) is 64.3 cm³/mol. The zero-order valence-corrected chi connectivity index (χ0v) is 10.6. The summed E-state index contributed by atoms with van der Waals surface area (Å²) in [6.07, 6.45) is 0. The van der Waals surface area contributed by atoms with E-state index in [1.54, 1.807) is 29.9 Å². The van der Waals surface area contributed by atoms with Crippen LogP contribution in [-0.4, -0.2) is 19.7 Å². The maximum Gasteiger partial charge on any atom is 0.312 e. The Morgan fingerprint density at radius 1 is 1.47 bits per heavy atom. The zero-order valence-electron chi connectivity index (χ0n) is 9.80. The normalized spacial score (nSPS) is 10.8. The molecule has 0 atom stereocenters. The summed E-state index contributed by atoms with van der Waals surface area (Å²) in [4.78, 5) is 14.8. The van der Waals surface area contributed by atoms with E-state index in [0.29, 0.717) is 17.9 Å². The minimum absolute atomic E-state index is 0.0944. The van der Waals surface area contributed by atoms with Gasteiger partial charge in [0.15, 0.2) is 0 Å². The maximum atomic E-state index is 10.9. The van der Waals surface area contributed by atoms with Crippen molar-refractivity contribution < 1.29 is 4.92 Å². The highest BCUT2D eigenvalue weighted by molar-refractivity contribution is 7.09. The fraction of sp³-hybridized carbons (Fsp3) is 0.400. The highest BCUT2D eigenvalue weighted by Crippen LogP contribution is 2.22. The fourth-order valence-corrected chi connectivity index (χ4v) is 2.34. The average Bonchev–Trinajstić information content (AvgIpc) is 2.73. The van der Waals surface area contributed by atoms with E-state index < -0.39 is 0 Å². The van der Waals surface area contributed by atoms with Crippen LogP contribution in [0, 0.1) is 30.9 Å². The van der Waals surface area contributed by atoms with E-state index >= 15 is 0 Å². The molecule has 0 aliphatic carbocycles. The van der Waals surface area contributed by atoms with Gasteiger partial charge in [-0.2, -0.15) is 5.10 Å². The fourth-order valence-electron chi connectivity index (χ4n) is 1.74. The van der Waals surface area contributed by atoms with Crippen LogP contribution in [0.15, 0.2) is 5.38 Å². The molecule has 6 nitrogen and oxygen atoms in total. The molecule has 2 aromatic heterocycles. The first kappa shape index (κ1) is 11.7. The summed E-state index contributed by atoms with van der Waals surface area (Å²) in [5.41, 5.74) is 1.99. The molecule has 0 amide bonds. The van der Waals surface area contributed by atoms with Gasteiger partial charge >= 0.3 is 5.69 Å². The van der Waals surface area contributed by atoms with Crippen LogP contribution in [0.2, 0.25) is 0 Å². The molecule has 0 fully saturated rings. The van der Waals surface area contributed by atoms with E-state index in [9.17, 15) is 10.1 Å². The molecule has 0 N–H and O–H groups in total. The van der Waals surface area contributed by atoms with Crippen molar-refractivity contribution in [1.82, 2.24) is 14.8 Å². The molecule has 0 aromatic carbocycles. The van der Waals surface area contributed by atoms with Gasteiger partial charge in [0.2, 0.25) is 0 Å². The van der Waals surface area contributed by atoms with Crippen LogP contribution in [0.5, 0.6) is 0 Å². The van der Waals surface area contributed by atoms with Crippen molar-refractivity contribution in [3.8, 4) is 0 Å². The molecule has 17 heavy (non-hydrogen) atoms. The number of aryl methyl sites for hydroxylation is 2. The molecule has 90 valence electrons.